The maximum Gasteiger partial charge on any atom is 0.351 e. The van der Waals surface area contributed by atoms with Gasteiger partial charge in [-0.15, -0.1) is 0 Å². The second-order valence-electron chi connectivity index (χ2n) is 11.4. The average Bonchev–Trinajstić information content (AvgIpc) is 3.39. The molecule has 0 radical (unpaired) electrons. The summed E-state index contributed by atoms with van der Waals surface area (Å²) in [5, 5.41) is 30.0. The van der Waals surface area contributed by atoms with Crippen molar-refractivity contribution in [2.45, 2.75) is 44.9 Å². The Labute approximate surface area is 265 Å². The van der Waals surface area contributed by atoms with E-state index in [1.165, 1.54) is 4.57 Å². The van der Waals surface area contributed by atoms with Crippen molar-refractivity contribution in [2.24, 2.45) is 0 Å². The fourth-order valence-electron chi connectivity index (χ4n) is 5.86. The minimum absolute atomic E-state index is 0.0350. The molecule has 11 nitrogen and oxygen atoms in total. The van der Waals surface area contributed by atoms with Gasteiger partial charge in [0.05, 0.1) is 35.6 Å². The lowest BCUT2D eigenvalue weighted by Gasteiger charge is -2.34. The Morgan fingerprint density at radius 3 is 2.63 bits per heavy atom. The first-order valence-corrected chi connectivity index (χ1v) is 14.9. The standard InChI is InChI=1S/C35H33N3O8/c1-23-14-25(19-37-20-29(39)17-35(37,34(41)42)46-21-26-5-2-4-24(15-26)18-36)7-9-30(23)45-22-27-6-3-11-38(33(27)40)28-8-10-31-32(16-28)44-13-12-43-31/h2-11,14-16,29,39H,12-13,17,19-22H2,1H3,(H,41,42). The van der Waals surface area contributed by atoms with Crippen LogP contribution in [-0.2, 0) is 29.3 Å². The highest BCUT2D eigenvalue weighted by molar-refractivity contribution is 5.77. The number of nitrogens with zero attached hydrogens (tertiary/aromatic N) is 3. The zero-order chi connectivity index (χ0) is 32.3. The van der Waals surface area contributed by atoms with Gasteiger partial charge in [-0.05, 0) is 66.1 Å². The molecule has 0 aliphatic carbocycles. The number of likely N-dealkylation sites (tertiary alicyclic amines) is 1. The first-order chi connectivity index (χ1) is 22.3. The summed E-state index contributed by atoms with van der Waals surface area (Å²) in [6, 6.07) is 23.2. The SMILES string of the molecule is Cc1cc(CN2CC(O)CC2(OCc2cccc(C#N)c2)C(=O)O)ccc1OCc1cccn(-c2ccc3c(c2)OCCO3)c1=O. The normalized spacial score (nSPS) is 19.0. The van der Waals surface area contributed by atoms with Gasteiger partial charge in [0, 0.05) is 31.8 Å². The first-order valence-electron chi connectivity index (χ1n) is 14.9. The minimum Gasteiger partial charge on any atom is -0.488 e. The van der Waals surface area contributed by atoms with E-state index in [-0.39, 0.29) is 38.3 Å². The highest BCUT2D eigenvalue weighted by atomic mass is 16.6. The summed E-state index contributed by atoms with van der Waals surface area (Å²) in [6.07, 6.45) is 0.709. The Kier molecular flexibility index (Phi) is 8.76. The maximum absolute atomic E-state index is 13.3. The Hall–Kier alpha value is -5.15. The molecular weight excluding hydrogens is 590 g/mol. The first kappa shape index (κ1) is 30.9. The van der Waals surface area contributed by atoms with Gasteiger partial charge in [0.25, 0.3) is 5.56 Å². The molecule has 3 aromatic carbocycles. The minimum atomic E-state index is -1.74. The van der Waals surface area contributed by atoms with Gasteiger partial charge in [-0.2, -0.15) is 5.26 Å². The number of pyridine rings is 1. The molecule has 11 heteroatoms. The number of ether oxygens (including phenoxy) is 4. The number of aromatic nitrogens is 1. The monoisotopic (exact) mass is 623 g/mol. The van der Waals surface area contributed by atoms with Crippen molar-refractivity contribution in [1.82, 2.24) is 9.47 Å². The number of aliphatic hydroxyl groups is 1. The molecule has 2 N–H and O–H groups in total. The van der Waals surface area contributed by atoms with E-state index in [0.717, 1.165) is 11.1 Å². The summed E-state index contributed by atoms with van der Waals surface area (Å²) < 4.78 is 24.8. The van der Waals surface area contributed by atoms with E-state index in [9.17, 15) is 25.1 Å². The number of rotatable bonds is 10. The lowest BCUT2D eigenvalue weighted by atomic mass is 10.1. The molecule has 2 atom stereocenters. The van der Waals surface area contributed by atoms with E-state index in [4.69, 9.17) is 18.9 Å². The van der Waals surface area contributed by atoms with E-state index < -0.39 is 17.8 Å². The number of hydrogen-bond acceptors (Lipinski definition) is 9. The van der Waals surface area contributed by atoms with Crippen LogP contribution in [0.2, 0.25) is 0 Å². The number of aliphatic hydroxyl groups excluding tert-OH is 1. The Morgan fingerprint density at radius 2 is 1.85 bits per heavy atom. The molecule has 2 aliphatic heterocycles. The molecule has 0 spiro atoms. The molecule has 46 heavy (non-hydrogen) atoms. The van der Waals surface area contributed by atoms with Crippen molar-refractivity contribution in [1.29, 1.82) is 5.26 Å². The maximum atomic E-state index is 13.3. The molecule has 4 aromatic rings. The number of β-amino-alcohol motifs (C(OH)–C–C–N with tert-alkyl or cyclic N) is 1. The van der Waals surface area contributed by atoms with E-state index in [1.54, 1.807) is 71.8 Å². The molecule has 6 rings (SSSR count). The smallest absolute Gasteiger partial charge is 0.351 e. The van der Waals surface area contributed by atoms with Crippen LogP contribution in [-0.4, -0.2) is 57.2 Å². The molecule has 236 valence electrons. The fourth-order valence-corrected chi connectivity index (χ4v) is 5.86. The molecule has 1 saturated heterocycles. The van der Waals surface area contributed by atoms with Crippen molar-refractivity contribution >= 4 is 5.97 Å². The number of carboxylic acid groups (broad SMARTS) is 1. The number of carboxylic acids is 1. The van der Waals surface area contributed by atoms with Crippen molar-refractivity contribution in [3.63, 3.8) is 0 Å². The van der Waals surface area contributed by atoms with Crippen molar-refractivity contribution in [3.05, 3.63) is 117 Å². The predicted octanol–water partition coefficient (Wildman–Crippen LogP) is 3.93. The van der Waals surface area contributed by atoms with Gasteiger partial charge in [0.1, 0.15) is 25.6 Å². The molecule has 1 fully saturated rings. The van der Waals surface area contributed by atoms with Crippen LogP contribution in [0.15, 0.2) is 83.8 Å². The van der Waals surface area contributed by atoms with Gasteiger partial charge < -0.3 is 29.2 Å². The van der Waals surface area contributed by atoms with Gasteiger partial charge in [0.15, 0.2) is 11.5 Å². The molecule has 0 amide bonds. The predicted molar refractivity (Wildman–Crippen MR) is 166 cm³/mol. The van der Waals surface area contributed by atoms with Crippen LogP contribution in [0.3, 0.4) is 0 Å². The van der Waals surface area contributed by atoms with Gasteiger partial charge in [-0.25, -0.2) is 4.79 Å². The Morgan fingerprint density at radius 1 is 1.02 bits per heavy atom. The number of nitriles is 1. The molecule has 2 unspecified atom stereocenters. The number of carbonyl (C=O) groups is 1. The third-order valence-corrected chi connectivity index (χ3v) is 8.15. The van der Waals surface area contributed by atoms with Crippen LogP contribution >= 0.6 is 0 Å². The molecule has 0 bridgehead atoms. The highest BCUT2D eigenvalue weighted by Crippen LogP contribution is 2.35. The van der Waals surface area contributed by atoms with E-state index in [2.05, 4.69) is 6.07 Å². The third kappa shape index (κ3) is 6.32. The number of aliphatic carboxylic acids is 1. The zero-order valence-corrected chi connectivity index (χ0v) is 25.2. The third-order valence-electron chi connectivity index (χ3n) is 8.15. The zero-order valence-electron chi connectivity index (χ0n) is 25.2. The molecular formula is C35H33N3O8. The van der Waals surface area contributed by atoms with Crippen LogP contribution < -0.4 is 19.8 Å². The largest absolute Gasteiger partial charge is 0.488 e. The number of fused-ring (bicyclic) bond motifs is 1. The summed E-state index contributed by atoms with van der Waals surface area (Å²) in [4.78, 5) is 27.5. The number of hydrogen-bond donors (Lipinski definition) is 2. The Balaban J connectivity index is 1.15. The molecule has 3 heterocycles. The summed E-state index contributed by atoms with van der Waals surface area (Å²) in [5.74, 6) is 0.624. The topological polar surface area (TPSA) is 143 Å². The van der Waals surface area contributed by atoms with E-state index in [0.29, 0.717) is 52.8 Å². The summed E-state index contributed by atoms with van der Waals surface area (Å²) in [6.45, 7) is 3.15. The van der Waals surface area contributed by atoms with Crippen molar-refractivity contribution < 1.29 is 34.0 Å². The lowest BCUT2D eigenvalue weighted by molar-refractivity contribution is -0.195. The van der Waals surface area contributed by atoms with Gasteiger partial charge in [-0.3, -0.25) is 14.3 Å². The summed E-state index contributed by atoms with van der Waals surface area (Å²) in [5.41, 5.74) is 1.88. The second-order valence-corrected chi connectivity index (χ2v) is 11.4. The van der Waals surface area contributed by atoms with Gasteiger partial charge in [0.2, 0.25) is 5.72 Å². The lowest BCUT2D eigenvalue weighted by Crippen LogP contribution is -2.52. The van der Waals surface area contributed by atoms with Gasteiger partial charge >= 0.3 is 5.97 Å². The van der Waals surface area contributed by atoms with Crippen molar-refractivity contribution in [3.8, 4) is 29.0 Å². The molecule has 2 aliphatic rings. The van der Waals surface area contributed by atoms with E-state index in [1.807, 2.05) is 19.1 Å². The van der Waals surface area contributed by atoms with Crippen LogP contribution in [0.1, 0.15) is 34.2 Å². The molecule has 1 aromatic heterocycles. The van der Waals surface area contributed by atoms with Gasteiger partial charge in [-0.1, -0.05) is 24.3 Å². The Bertz CT molecular complexity index is 1870. The van der Waals surface area contributed by atoms with E-state index >= 15 is 0 Å². The summed E-state index contributed by atoms with van der Waals surface area (Å²) in [7, 11) is 0. The molecule has 0 saturated carbocycles. The fraction of sp³-hybridized carbons (Fsp3) is 0.286. The van der Waals surface area contributed by atoms with Crippen LogP contribution in [0.4, 0.5) is 0 Å². The average molecular weight is 624 g/mol. The van der Waals surface area contributed by atoms with Crippen molar-refractivity contribution in [2.75, 3.05) is 19.8 Å². The van der Waals surface area contributed by atoms with Crippen LogP contribution in [0.25, 0.3) is 5.69 Å². The number of aryl methyl sites for hydroxylation is 1. The quantitative estimate of drug-likeness (QED) is 0.267. The summed E-state index contributed by atoms with van der Waals surface area (Å²) >= 11 is 0. The highest BCUT2D eigenvalue weighted by Gasteiger charge is 2.52. The van der Waals surface area contributed by atoms with Crippen LogP contribution in [0.5, 0.6) is 17.2 Å². The second kappa shape index (κ2) is 13.1. The van der Waals surface area contributed by atoms with Crippen LogP contribution in [0, 0.1) is 18.3 Å². The number of benzene rings is 3.